The average Bonchev–Trinajstić information content (AvgIpc) is 2.72. The molecule has 0 spiro atoms. The van der Waals surface area contributed by atoms with Crippen molar-refractivity contribution in [1.29, 1.82) is 0 Å². The number of amides is 1. The Kier molecular flexibility index (Phi) is 9.02. The minimum Gasteiger partial charge on any atom is -0.480 e. The van der Waals surface area contributed by atoms with E-state index in [4.69, 9.17) is 18.4 Å². The van der Waals surface area contributed by atoms with Gasteiger partial charge in [-0.2, -0.15) is 11.8 Å². The molecule has 0 aromatic rings. The van der Waals surface area contributed by atoms with E-state index in [9.17, 15) is 9.59 Å². The molecule has 2 aliphatic carbocycles. The molecule has 7 heteroatoms. The predicted molar refractivity (Wildman–Crippen MR) is 111 cm³/mol. The summed E-state index contributed by atoms with van der Waals surface area (Å²) in [6, 6.07) is 0.293. The molecule has 0 saturated heterocycles. The van der Waals surface area contributed by atoms with Crippen LogP contribution in [0.15, 0.2) is 0 Å². The van der Waals surface area contributed by atoms with Gasteiger partial charge in [-0.25, -0.2) is 4.79 Å². The second-order valence-electron chi connectivity index (χ2n) is 7.08. The first-order valence-electron chi connectivity index (χ1n) is 12.8. The molecule has 27 heavy (non-hydrogen) atoms. The Balaban J connectivity index is 0.000000357. The highest BCUT2D eigenvalue weighted by molar-refractivity contribution is 7.99. The van der Waals surface area contributed by atoms with E-state index in [0.717, 1.165) is 19.0 Å². The number of carboxylic acids is 1. The summed E-state index contributed by atoms with van der Waals surface area (Å²) in [5.74, 6) is -2.62. The van der Waals surface area contributed by atoms with Crippen molar-refractivity contribution in [3.63, 3.8) is 0 Å². The molecule has 0 heterocycles. The zero-order valence-corrected chi connectivity index (χ0v) is 16.9. The second-order valence-corrected chi connectivity index (χ2v) is 7.90. The van der Waals surface area contributed by atoms with Crippen LogP contribution in [0.4, 0.5) is 0 Å². The lowest BCUT2D eigenvalue weighted by Crippen LogP contribution is -2.41. The van der Waals surface area contributed by atoms with Crippen LogP contribution in [0.2, 0.25) is 0 Å². The van der Waals surface area contributed by atoms with E-state index in [1.54, 1.807) is 0 Å². The summed E-state index contributed by atoms with van der Waals surface area (Å²) in [5, 5.41) is 23.7. The van der Waals surface area contributed by atoms with Crippen LogP contribution in [-0.2, 0) is 9.59 Å². The molecule has 0 aromatic heterocycles. The van der Waals surface area contributed by atoms with E-state index in [1.807, 2.05) is 5.32 Å². The van der Waals surface area contributed by atoms with E-state index in [1.165, 1.54) is 64.2 Å². The minimum atomic E-state index is -3.45. The number of aliphatic carboxylic acids is 1. The molecule has 2 rings (SSSR count). The van der Waals surface area contributed by atoms with Crippen molar-refractivity contribution >= 4 is 23.6 Å². The number of carbonyl (C=O) groups excluding carboxylic acids is 1. The maximum atomic E-state index is 10.8. The number of thioether (sulfide) groups is 1. The molecule has 158 valence electrons. The van der Waals surface area contributed by atoms with E-state index in [0.29, 0.717) is 0 Å². The molecular weight excluding hydrogens is 364 g/mol. The topological polar surface area (TPSA) is 98.7 Å². The Labute approximate surface area is 176 Å². The molecule has 0 bridgehead atoms. The summed E-state index contributed by atoms with van der Waals surface area (Å²) in [4.78, 5) is 21.6. The van der Waals surface area contributed by atoms with Crippen LogP contribution in [0.3, 0.4) is 0 Å². The van der Waals surface area contributed by atoms with Gasteiger partial charge in [0.25, 0.3) is 0 Å². The average molecular weight is 409 g/mol. The lowest BCUT2D eigenvalue weighted by Gasteiger charge is -2.30. The van der Waals surface area contributed by atoms with Gasteiger partial charge in [-0.05, 0) is 37.8 Å². The van der Waals surface area contributed by atoms with E-state index < -0.39 is 42.3 Å². The van der Waals surface area contributed by atoms with Gasteiger partial charge in [0.15, 0.2) is 0 Å². The molecule has 1 amide bonds. The standard InChI is InChI=1S/C12H23N.C8H15NO4S/c1-3-7-11(8-4-1)13-12-9-5-2-6-10-12;1-6(11)9-7(8(12)13)5-14-4-2-3-10/h11-13H,1-10H2;7,10H,2-5H2,1H3,(H,9,11)(H,12,13)/t;7-/m.0/s1/i;2D2,3D2,4D2. The first-order valence-corrected chi connectivity index (χ1v) is 10.8. The van der Waals surface area contributed by atoms with Crippen molar-refractivity contribution < 1.29 is 28.0 Å². The molecule has 0 radical (unpaired) electrons. The summed E-state index contributed by atoms with van der Waals surface area (Å²) in [5.41, 5.74) is -2.91. The highest BCUT2D eigenvalue weighted by Gasteiger charge is 2.19. The maximum Gasteiger partial charge on any atom is 0.327 e. The quantitative estimate of drug-likeness (QED) is 0.468. The summed E-state index contributed by atoms with van der Waals surface area (Å²) < 4.78 is 43.2. The molecule has 2 fully saturated rings. The first-order chi connectivity index (χ1) is 15.2. The van der Waals surface area contributed by atoms with Gasteiger partial charge in [0, 0.05) is 36.8 Å². The highest BCUT2D eigenvalue weighted by Crippen LogP contribution is 2.22. The fourth-order valence-electron chi connectivity index (χ4n) is 3.48. The smallest absolute Gasteiger partial charge is 0.327 e. The molecule has 6 nitrogen and oxygen atoms in total. The SMILES string of the molecule is C1CCC(NC2CCCCC2)CC1.[2H]C([2H])(O)C([2H])([2H])C([2H])([2H])SC[C@H](NC(C)=O)C(=O)O. The summed E-state index contributed by atoms with van der Waals surface area (Å²) in [7, 11) is 0. The van der Waals surface area contributed by atoms with Gasteiger partial charge < -0.3 is 20.8 Å². The van der Waals surface area contributed by atoms with Crippen molar-refractivity contribution in [2.45, 2.75) is 95.6 Å². The Bertz CT molecular complexity index is 608. The Morgan fingerprint density at radius 2 is 1.59 bits per heavy atom. The van der Waals surface area contributed by atoms with Crippen molar-refractivity contribution in [2.75, 3.05) is 18.0 Å². The van der Waals surface area contributed by atoms with Crippen LogP contribution < -0.4 is 10.6 Å². The lowest BCUT2D eigenvalue weighted by molar-refractivity contribution is -0.140. The first kappa shape index (κ1) is 16.1. The molecule has 0 aliphatic heterocycles. The van der Waals surface area contributed by atoms with E-state index in [-0.39, 0.29) is 11.8 Å². The largest absolute Gasteiger partial charge is 0.480 e. The fraction of sp³-hybridized carbons (Fsp3) is 0.900. The molecular formula is C20H38N2O4S. The lowest BCUT2D eigenvalue weighted by atomic mass is 9.91. The van der Waals surface area contributed by atoms with Gasteiger partial charge in [0.2, 0.25) is 5.91 Å². The van der Waals surface area contributed by atoms with E-state index in [2.05, 4.69) is 5.32 Å². The van der Waals surface area contributed by atoms with Crippen molar-refractivity contribution in [3.05, 3.63) is 0 Å². The fourth-order valence-corrected chi connectivity index (χ4v) is 4.07. The van der Waals surface area contributed by atoms with Gasteiger partial charge in [0.1, 0.15) is 6.04 Å². The van der Waals surface area contributed by atoms with Crippen molar-refractivity contribution in [3.8, 4) is 0 Å². The van der Waals surface area contributed by atoms with Gasteiger partial charge in [0.05, 0.1) is 2.74 Å². The zero-order valence-electron chi connectivity index (χ0n) is 22.1. The molecule has 4 N–H and O–H groups in total. The molecule has 0 aromatic carbocycles. The zero-order chi connectivity index (χ0) is 25.3. The van der Waals surface area contributed by atoms with Gasteiger partial charge in [-0.3, -0.25) is 4.79 Å². The number of hydrogen-bond acceptors (Lipinski definition) is 5. The molecule has 2 aliphatic rings. The van der Waals surface area contributed by atoms with Crippen LogP contribution in [0, 0.1) is 0 Å². The predicted octanol–water partition coefficient (Wildman–Crippen LogP) is 2.93. The van der Waals surface area contributed by atoms with Crippen molar-refractivity contribution in [1.82, 2.24) is 10.6 Å². The number of nitrogens with one attached hydrogen (secondary N) is 2. The highest BCUT2D eigenvalue weighted by atomic mass is 32.2. The molecule has 1 atom stereocenters. The second kappa shape index (κ2) is 15.2. The molecule has 2 saturated carbocycles. The summed E-state index contributed by atoms with van der Waals surface area (Å²) in [6.07, 6.45) is 11.3. The Hall–Kier alpha value is -0.790. The van der Waals surface area contributed by atoms with E-state index >= 15 is 0 Å². The number of aliphatic hydroxyl groups is 1. The van der Waals surface area contributed by atoms with Gasteiger partial charge in [-0.1, -0.05) is 38.5 Å². The van der Waals surface area contributed by atoms with Gasteiger partial charge in [-0.15, -0.1) is 0 Å². The third-order valence-corrected chi connectivity index (χ3v) is 5.53. The summed E-state index contributed by atoms with van der Waals surface area (Å²) in [6.45, 7) is -2.38. The summed E-state index contributed by atoms with van der Waals surface area (Å²) >= 11 is 0.154. The van der Waals surface area contributed by atoms with Gasteiger partial charge >= 0.3 is 5.97 Å². The minimum absolute atomic E-state index is 0.154. The Morgan fingerprint density at radius 3 is 2.00 bits per heavy atom. The van der Waals surface area contributed by atoms with Crippen LogP contribution in [0.1, 0.15) is 85.7 Å². The number of rotatable bonds is 9. The number of hydrogen-bond donors (Lipinski definition) is 4. The van der Waals surface area contributed by atoms with Crippen LogP contribution >= 0.6 is 11.8 Å². The van der Waals surface area contributed by atoms with Crippen LogP contribution in [-0.4, -0.2) is 58.2 Å². The monoisotopic (exact) mass is 408 g/mol. The third-order valence-electron chi connectivity index (χ3n) is 4.79. The normalized spacial score (nSPS) is 24.5. The molecule has 0 unspecified atom stereocenters. The van der Waals surface area contributed by atoms with Crippen LogP contribution in [0.25, 0.3) is 0 Å². The van der Waals surface area contributed by atoms with Crippen molar-refractivity contribution in [2.24, 2.45) is 0 Å². The third kappa shape index (κ3) is 12.3. The number of carboxylic acid groups (broad SMARTS) is 1. The number of carbonyl (C=O) groups is 2. The maximum absolute atomic E-state index is 10.8. The Morgan fingerprint density at radius 1 is 1.07 bits per heavy atom. The van der Waals surface area contributed by atoms with Crippen LogP contribution in [0.5, 0.6) is 0 Å².